The van der Waals surface area contributed by atoms with Crippen molar-refractivity contribution in [1.82, 2.24) is 20.9 Å². The van der Waals surface area contributed by atoms with E-state index >= 15 is 0 Å². The van der Waals surface area contributed by atoms with E-state index in [0.717, 1.165) is 12.8 Å². The van der Waals surface area contributed by atoms with Crippen LogP contribution in [0, 0.1) is 34.5 Å². The molecule has 1 unspecified atom stereocenters. The fourth-order valence-electron chi connectivity index (χ4n) is 6.81. The lowest BCUT2D eigenvalue weighted by Gasteiger charge is -2.38. The van der Waals surface area contributed by atoms with Crippen LogP contribution in [-0.4, -0.2) is 77.4 Å². The largest absolute Gasteiger partial charge is 0.363 e. The van der Waals surface area contributed by atoms with E-state index in [9.17, 15) is 28.8 Å². The molecule has 2 aliphatic carbocycles. The number of amides is 4. The molecule has 5 N–H and O–H groups in total. The Bertz CT molecular complexity index is 1380. The Balaban J connectivity index is 1.49. The van der Waals surface area contributed by atoms with E-state index in [-0.39, 0.29) is 41.3 Å². The third-order valence-corrected chi connectivity index (χ3v) is 10.2. The first-order valence-corrected chi connectivity index (χ1v) is 16.5. The molecule has 11 nitrogen and oxygen atoms in total. The van der Waals surface area contributed by atoms with Crippen LogP contribution in [0.1, 0.15) is 78.1 Å². The Morgan fingerprint density at radius 2 is 1.63 bits per heavy atom. The fourth-order valence-corrected chi connectivity index (χ4v) is 6.94. The van der Waals surface area contributed by atoms with Gasteiger partial charge in [-0.05, 0) is 65.2 Å². The maximum atomic E-state index is 14.2. The van der Waals surface area contributed by atoms with Crippen molar-refractivity contribution in [3.05, 3.63) is 34.9 Å². The van der Waals surface area contributed by atoms with Crippen molar-refractivity contribution in [2.24, 2.45) is 40.2 Å². The monoisotopic (exact) mass is 657 g/mol. The normalized spacial score (nSPS) is 23.6. The molecule has 0 aromatic heterocycles. The predicted molar refractivity (Wildman–Crippen MR) is 174 cm³/mol. The van der Waals surface area contributed by atoms with Gasteiger partial charge in [-0.15, -0.1) is 0 Å². The van der Waals surface area contributed by atoms with Crippen LogP contribution in [0.2, 0.25) is 5.02 Å². The van der Waals surface area contributed by atoms with Crippen molar-refractivity contribution in [3.63, 3.8) is 0 Å². The second kappa shape index (κ2) is 13.4. The van der Waals surface area contributed by atoms with Crippen molar-refractivity contribution in [3.8, 4) is 0 Å². The zero-order chi connectivity index (χ0) is 34.3. The molecule has 4 rings (SSSR count). The number of rotatable bonds is 14. The number of nitrogens with two attached hydrogens (primary N) is 1. The molecule has 1 aromatic rings. The lowest BCUT2D eigenvalue weighted by Crippen LogP contribution is -2.61. The maximum Gasteiger partial charge on any atom is 0.316 e. The molecule has 0 bridgehead atoms. The van der Waals surface area contributed by atoms with E-state index < -0.39 is 53.2 Å². The Kier molecular flexibility index (Phi) is 10.4. The Morgan fingerprint density at radius 1 is 1.02 bits per heavy atom. The first kappa shape index (κ1) is 35.5. The molecule has 46 heavy (non-hydrogen) atoms. The van der Waals surface area contributed by atoms with Gasteiger partial charge in [-0.1, -0.05) is 72.9 Å². The smallest absolute Gasteiger partial charge is 0.316 e. The maximum absolute atomic E-state index is 14.2. The molecular weight excluding hydrogens is 610 g/mol. The fraction of sp³-hybridized carbons (Fsp3) is 0.647. The van der Waals surface area contributed by atoms with Gasteiger partial charge < -0.3 is 21.3 Å². The summed E-state index contributed by atoms with van der Waals surface area (Å²) in [7, 11) is 0. The number of Topliss-reactive ketones (excluding diaryl/α,β-unsaturated/α-hetero) is 3. The van der Waals surface area contributed by atoms with Gasteiger partial charge in [0.15, 0.2) is 11.6 Å². The highest BCUT2D eigenvalue weighted by Crippen LogP contribution is 2.65. The number of benzene rings is 1. The van der Waals surface area contributed by atoms with Crippen LogP contribution in [0.25, 0.3) is 0 Å². The molecule has 1 aromatic carbocycles. The summed E-state index contributed by atoms with van der Waals surface area (Å²) in [5, 5.41) is 9.04. The molecule has 1 aliphatic heterocycles. The number of primary amides is 1. The number of hydrogen-bond donors (Lipinski definition) is 4. The number of urea groups is 1. The summed E-state index contributed by atoms with van der Waals surface area (Å²) in [5.41, 5.74) is 4.78. The minimum absolute atomic E-state index is 0.0729. The Morgan fingerprint density at radius 3 is 2.15 bits per heavy atom. The van der Waals surface area contributed by atoms with Gasteiger partial charge in [-0.2, -0.15) is 0 Å². The van der Waals surface area contributed by atoms with Crippen molar-refractivity contribution >= 4 is 46.8 Å². The van der Waals surface area contributed by atoms with Gasteiger partial charge >= 0.3 is 6.03 Å². The summed E-state index contributed by atoms with van der Waals surface area (Å²) < 4.78 is 0. The molecule has 2 saturated carbocycles. The average Bonchev–Trinajstić information content (AvgIpc) is 3.82. The van der Waals surface area contributed by atoms with Crippen LogP contribution in [0.15, 0.2) is 24.3 Å². The van der Waals surface area contributed by atoms with Gasteiger partial charge in [-0.25, -0.2) is 4.79 Å². The van der Waals surface area contributed by atoms with Crippen molar-refractivity contribution < 1.29 is 28.8 Å². The van der Waals surface area contributed by atoms with Crippen molar-refractivity contribution in [2.45, 2.75) is 91.9 Å². The van der Waals surface area contributed by atoms with E-state index in [1.54, 1.807) is 29.2 Å². The van der Waals surface area contributed by atoms with E-state index in [1.807, 2.05) is 34.6 Å². The molecule has 6 atom stereocenters. The number of nitrogens with one attached hydrogen (secondary N) is 3. The lowest BCUT2D eigenvalue weighted by atomic mass is 9.85. The molecule has 0 radical (unpaired) electrons. The van der Waals surface area contributed by atoms with E-state index in [1.165, 1.54) is 0 Å². The zero-order valence-corrected chi connectivity index (χ0v) is 28.6. The highest BCUT2D eigenvalue weighted by molar-refractivity contribution is 6.37. The van der Waals surface area contributed by atoms with Crippen LogP contribution in [0.3, 0.4) is 0 Å². The third kappa shape index (κ3) is 7.79. The van der Waals surface area contributed by atoms with Gasteiger partial charge in [0.05, 0.1) is 24.7 Å². The molecule has 0 spiro atoms. The van der Waals surface area contributed by atoms with Gasteiger partial charge in [0.25, 0.3) is 5.91 Å². The van der Waals surface area contributed by atoms with E-state index in [2.05, 4.69) is 29.8 Å². The van der Waals surface area contributed by atoms with Gasteiger partial charge in [0.2, 0.25) is 11.7 Å². The van der Waals surface area contributed by atoms with Crippen molar-refractivity contribution in [2.75, 3.05) is 13.1 Å². The number of fused-ring (bicyclic) bond motifs is 1. The number of nitrogens with zero attached hydrogens (tertiary/aromatic N) is 1. The minimum Gasteiger partial charge on any atom is -0.363 e. The highest BCUT2D eigenvalue weighted by atomic mass is 35.5. The first-order valence-electron chi connectivity index (χ1n) is 16.1. The number of carbonyl (C=O) groups is 6. The molecule has 3 aliphatic rings. The van der Waals surface area contributed by atoms with E-state index in [4.69, 9.17) is 17.3 Å². The number of likely N-dealkylation sites (tertiary alicyclic amines) is 1. The average molecular weight is 658 g/mol. The molecule has 252 valence electrons. The summed E-state index contributed by atoms with van der Waals surface area (Å²) in [6.07, 6.45) is 2.36. The molecule has 1 heterocycles. The molecule has 4 amide bonds. The Labute approximate surface area is 276 Å². The van der Waals surface area contributed by atoms with Gasteiger partial charge in [0, 0.05) is 17.1 Å². The number of hydrogen-bond acceptors (Lipinski definition) is 7. The first-order chi connectivity index (χ1) is 21.3. The number of halogens is 1. The minimum atomic E-state index is -1.04. The van der Waals surface area contributed by atoms with Crippen LogP contribution in [0.5, 0.6) is 0 Å². The standard InChI is InChI=1S/C34H48ClN5O6/c1-17(2)25(27(42)19-10-12-20(35)13-11-19)38-32(46)39-29(33(3,4)5)31(45)40-16-21-24(34(21,6)7)26(40)23(41)15-37-22(14-18-8-9-18)28(43)30(36)44/h10-13,17-18,21-22,24-26,29,37H,8-9,14-16H2,1-7H3,(H2,36,44)(H2,38,39,46)/t21-,22?,24-,25-,26+,29+/m0/s1. The summed E-state index contributed by atoms with van der Waals surface area (Å²) >= 11 is 5.98. The second-order valence-electron chi connectivity index (χ2n) is 15.2. The molecular formula is C34H48ClN5O6. The van der Waals surface area contributed by atoms with Gasteiger partial charge in [0.1, 0.15) is 6.04 Å². The zero-order valence-electron chi connectivity index (χ0n) is 27.8. The van der Waals surface area contributed by atoms with Crippen molar-refractivity contribution in [1.29, 1.82) is 0 Å². The highest BCUT2D eigenvalue weighted by Gasteiger charge is 2.69. The van der Waals surface area contributed by atoms with Crippen LogP contribution >= 0.6 is 11.6 Å². The number of ketones is 3. The SMILES string of the molecule is CC(C)[C@H](NC(=O)N[C@H](C(=O)N1C[C@H]2[C@@H]([C@H]1C(=O)CNC(CC1CC1)C(=O)C(N)=O)C2(C)C)C(C)(C)C)C(=O)c1ccc(Cl)cc1. The number of carbonyl (C=O) groups excluding carboxylic acids is 6. The van der Waals surface area contributed by atoms with Crippen LogP contribution in [0.4, 0.5) is 4.79 Å². The summed E-state index contributed by atoms with van der Waals surface area (Å²) in [6.45, 7) is 13.4. The molecule has 1 saturated heterocycles. The van der Waals surface area contributed by atoms with E-state index in [0.29, 0.717) is 29.5 Å². The van der Waals surface area contributed by atoms with Crippen LogP contribution in [-0.2, 0) is 19.2 Å². The third-order valence-electron chi connectivity index (χ3n) is 9.92. The van der Waals surface area contributed by atoms with Gasteiger partial charge in [-0.3, -0.25) is 29.3 Å². The molecule has 12 heteroatoms. The second-order valence-corrected chi connectivity index (χ2v) is 15.6. The summed E-state index contributed by atoms with van der Waals surface area (Å²) in [4.78, 5) is 80.4. The lowest BCUT2D eigenvalue weighted by molar-refractivity contribution is -0.143. The topological polar surface area (TPSA) is 168 Å². The Hall–Kier alpha value is -3.31. The van der Waals surface area contributed by atoms with Crippen LogP contribution < -0.4 is 21.7 Å². The molecule has 3 fully saturated rings. The summed E-state index contributed by atoms with van der Waals surface area (Å²) in [5.74, 6) is -2.62. The quantitative estimate of drug-likeness (QED) is 0.176. The summed E-state index contributed by atoms with van der Waals surface area (Å²) in [6, 6.07) is 2.29. The number of piperidine rings is 1. The predicted octanol–water partition coefficient (Wildman–Crippen LogP) is 3.13.